The van der Waals surface area contributed by atoms with Crippen molar-refractivity contribution in [3.05, 3.63) is 35.4 Å². The number of alkyl halides is 3. The van der Waals surface area contributed by atoms with Gasteiger partial charge in [0.25, 0.3) is 0 Å². The van der Waals surface area contributed by atoms with Crippen molar-refractivity contribution in [2.75, 3.05) is 6.54 Å². The molecule has 0 spiro atoms. The molecule has 1 aromatic rings. The third kappa shape index (κ3) is 2.07. The molecule has 0 aromatic heterocycles. The Balaban J connectivity index is 2.26. The third-order valence-electron chi connectivity index (χ3n) is 3.22. The molecule has 0 aliphatic carbocycles. The van der Waals surface area contributed by atoms with Gasteiger partial charge in [0.05, 0.1) is 5.56 Å². The van der Waals surface area contributed by atoms with E-state index in [4.69, 9.17) is 0 Å². The first-order valence-electron chi connectivity index (χ1n) is 5.35. The molecule has 1 aliphatic rings. The third-order valence-corrected chi connectivity index (χ3v) is 3.22. The monoisotopic (exact) mass is 229 g/mol. The molecule has 1 saturated heterocycles. The van der Waals surface area contributed by atoms with Crippen LogP contribution in [0.25, 0.3) is 0 Å². The molecule has 1 atom stereocenters. The van der Waals surface area contributed by atoms with Gasteiger partial charge in [-0.25, -0.2) is 0 Å². The second kappa shape index (κ2) is 3.77. The highest BCUT2D eigenvalue weighted by Crippen LogP contribution is 2.33. The van der Waals surface area contributed by atoms with Crippen molar-refractivity contribution >= 4 is 0 Å². The van der Waals surface area contributed by atoms with Crippen molar-refractivity contribution in [2.24, 2.45) is 0 Å². The highest BCUT2D eigenvalue weighted by atomic mass is 19.4. The molecule has 88 valence electrons. The highest BCUT2D eigenvalue weighted by molar-refractivity contribution is 5.30. The van der Waals surface area contributed by atoms with Gasteiger partial charge >= 0.3 is 6.18 Å². The predicted molar refractivity (Wildman–Crippen MR) is 56.0 cm³/mol. The van der Waals surface area contributed by atoms with Crippen LogP contribution in [-0.4, -0.2) is 6.54 Å². The summed E-state index contributed by atoms with van der Waals surface area (Å²) in [5, 5.41) is 3.33. The van der Waals surface area contributed by atoms with Gasteiger partial charge < -0.3 is 5.32 Å². The van der Waals surface area contributed by atoms with Crippen LogP contribution in [0.5, 0.6) is 0 Å². The van der Waals surface area contributed by atoms with E-state index >= 15 is 0 Å². The Kier molecular flexibility index (Phi) is 2.70. The summed E-state index contributed by atoms with van der Waals surface area (Å²) in [7, 11) is 0. The number of hydrogen-bond donors (Lipinski definition) is 1. The Morgan fingerprint density at radius 1 is 1.19 bits per heavy atom. The van der Waals surface area contributed by atoms with Gasteiger partial charge in [-0.1, -0.05) is 12.1 Å². The van der Waals surface area contributed by atoms with Crippen LogP contribution in [0.15, 0.2) is 24.3 Å². The molecule has 4 heteroatoms. The first-order chi connectivity index (χ1) is 7.42. The lowest BCUT2D eigenvalue weighted by molar-refractivity contribution is -0.137. The lowest BCUT2D eigenvalue weighted by Crippen LogP contribution is -2.33. The Bertz CT molecular complexity index is 361. The molecule has 0 saturated carbocycles. The lowest BCUT2D eigenvalue weighted by atomic mass is 9.90. The van der Waals surface area contributed by atoms with Crippen LogP contribution in [0.2, 0.25) is 0 Å². The van der Waals surface area contributed by atoms with E-state index in [0.29, 0.717) is 0 Å². The zero-order valence-corrected chi connectivity index (χ0v) is 9.06. The fourth-order valence-corrected chi connectivity index (χ4v) is 2.17. The molecule has 2 rings (SSSR count). The van der Waals surface area contributed by atoms with Gasteiger partial charge in [0, 0.05) is 5.54 Å². The van der Waals surface area contributed by atoms with Crippen LogP contribution in [-0.2, 0) is 11.7 Å². The summed E-state index contributed by atoms with van der Waals surface area (Å²) in [5.74, 6) is 0. The smallest absolute Gasteiger partial charge is 0.308 e. The van der Waals surface area contributed by atoms with Gasteiger partial charge in [0.1, 0.15) is 0 Å². The van der Waals surface area contributed by atoms with Gasteiger partial charge in [0.15, 0.2) is 0 Å². The van der Waals surface area contributed by atoms with Gasteiger partial charge in [-0.3, -0.25) is 0 Å². The van der Waals surface area contributed by atoms with Gasteiger partial charge in [0.2, 0.25) is 0 Å². The number of nitrogens with one attached hydrogen (secondary N) is 1. The van der Waals surface area contributed by atoms with Crippen molar-refractivity contribution in [1.29, 1.82) is 0 Å². The van der Waals surface area contributed by atoms with Gasteiger partial charge in [-0.15, -0.1) is 0 Å². The molecule has 1 nitrogen and oxygen atoms in total. The molecule has 1 N–H and O–H groups in total. The molecule has 16 heavy (non-hydrogen) atoms. The SMILES string of the molecule is C[C@]1(c2ccc(C(F)(F)F)cc2)CCCN1. The summed E-state index contributed by atoms with van der Waals surface area (Å²) in [6.45, 7) is 2.96. The zero-order chi connectivity index (χ0) is 11.8. The number of hydrogen-bond acceptors (Lipinski definition) is 1. The molecule has 1 heterocycles. The summed E-state index contributed by atoms with van der Waals surface area (Å²) in [5.41, 5.74) is 0.181. The summed E-state index contributed by atoms with van der Waals surface area (Å²) >= 11 is 0. The van der Waals surface area contributed by atoms with E-state index in [1.807, 2.05) is 6.92 Å². The maximum atomic E-state index is 12.4. The molecule has 0 radical (unpaired) electrons. The average molecular weight is 229 g/mol. The number of halogens is 3. The van der Waals surface area contributed by atoms with E-state index in [1.54, 1.807) is 12.1 Å². The number of rotatable bonds is 1. The van der Waals surface area contributed by atoms with Crippen molar-refractivity contribution in [3.8, 4) is 0 Å². The second-order valence-corrected chi connectivity index (χ2v) is 4.44. The topological polar surface area (TPSA) is 12.0 Å². The van der Waals surface area contributed by atoms with E-state index < -0.39 is 11.7 Å². The minimum Gasteiger partial charge on any atom is -0.308 e. The second-order valence-electron chi connectivity index (χ2n) is 4.44. The average Bonchev–Trinajstić information content (AvgIpc) is 2.66. The summed E-state index contributed by atoms with van der Waals surface area (Å²) < 4.78 is 37.1. The van der Waals surface area contributed by atoms with E-state index in [9.17, 15) is 13.2 Å². The van der Waals surface area contributed by atoms with Crippen LogP contribution >= 0.6 is 0 Å². The van der Waals surface area contributed by atoms with Crippen molar-refractivity contribution in [1.82, 2.24) is 5.32 Å². The van der Waals surface area contributed by atoms with Crippen LogP contribution in [0.4, 0.5) is 13.2 Å². The maximum Gasteiger partial charge on any atom is 0.416 e. The molecule has 0 bridgehead atoms. The van der Waals surface area contributed by atoms with Crippen molar-refractivity contribution in [2.45, 2.75) is 31.5 Å². The van der Waals surface area contributed by atoms with E-state index in [-0.39, 0.29) is 5.54 Å². The number of benzene rings is 1. The first-order valence-corrected chi connectivity index (χ1v) is 5.35. The maximum absolute atomic E-state index is 12.4. The Hall–Kier alpha value is -1.03. The molecule has 1 aliphatic heterocycles. The van der Waals surface area contributed by atoms with Crippen LogP contribution < -0.4 is 5.32 Å². The van der Waals surface area contributed by atoms with E-state index in [1.165, 1.54) is 0 Å². The van der Waals surface area contributed by atoms with Crippen molar-refractivity contribution in [3.63, 3.8) is 0 Å². The summed E-state index contributed by atoms with van der Waals surface area (Å²) in [6.07, 6.45) is -2.21. The van der Waals surface area contributed by atoms with Crippen molar-refractivity contribution < 1.29 is 13.2 Å². The minimum absolute atomic E-state index is 0.163. The molecular formula is C12H14F3N. The minimum atomic E-state index is -4.25. The normalized spacial score (nSPS) is 26.0. The molecule has 1 aromatic carbocycles. The fourth-order valence-electron chi connectivity index (χ4n) is 2.17. The quantitative estimate of drug-likeness (QED) is 0.779. The van der Waals surface area contributed by atoms with Crippen LogP contribution in [0.1, 0.15) is 30.9 Å². The highest BCUT2D eigenvalue weighted by Gasteiger charge is 2.33. The van der Waals surface area contributed by atoms with Gasteiger partial charge in [-0.2, -0.15) is 13.2 Å². The van der Waals surface area contributed by atoms with Crippen LogP contribution in [0.3, 0.4) is 0 Å². The molecular weight excluding hydrogens is 215 g/mol. The summed E-state index contributed by atoms with van der Waals surface area (Å²) in [4.78, 5) is 0. The van der Waals surface area contributed by atoms with Gasteiger partial charge in [-0.05, 0) is 44.0 Å². The Morgan fingerprint density at radius 2 is 1.81 bits per heavy atom. The van der Waals surface area contributed by atoms with E-state index in [0.717, 1.165) is 37.1 Å². The Morgan fingerprint density at radius 3 is 2.25 bits per heavy atom. The summed E-state index contributed by atoms with van der Waals surface area (Å²) in [6, 6.07) is 5.45. The first kappa shape index (κ1) is 11.5. The lowest BCUT2D eigenvalue weighted by Gasteiger charge is -2.25. The fraction of sp³-hybridized carbons (Fsp3) is 0.500. The van der Waals surface area contributed by atoms with E-state index in [2.05, 4.69) is 5.32 Å². The van der Waals surface area contributed by atoms with Crippen LogP contribution in [0, 0.1) is 0 Å². The molecule has 0 amide bonds. The molecule has 0 unspecified atom stereocenters. The standard InChI is InChI=1S/C12H14F3N/c1-11(7-2-8-16-11)9-3-5-10(6-4-9)12(13,14)15/h3-6,16H,2,7-8H2,1H3/t11-/m1/s1. The largest absolute Gasteiger partial charge is 0.416 e. The molecule has 1 fully saturated rings. The Labute approximate surface area is 92.7 Å². The zero-order valence-electron chi connectivity index (χ0n) is 9.06. The predicted octanol–water partition coefficient (Wildman–Crippen LogP) is 3.30.